The highest BCUT2D eigenvalue weighted by molar-refractivity contribution is 5.75. The molecule has 6 nitrogen and oxygen atoms in total. The zero-order valence-corrected chi connectivity index (χ0v) is 7.39. The minimum absolute atomic E-state index is 0.131. The summed E-state index contributed by atoms with van der Waals surface area (Å²) < 4.78 is 9.52. The van der Waals surface area contributed by atoms with Crippen molar-refractivity contribution in [2.75, 3.05) is 26.4 Å². The Morgan fingerprint density at radius 3 is 1.85 bits per heavy atom. The lowest BCUT2D eigenvalue weighted by molar-refractivity contribution is -0.240. The molecule has 3 N–H and O–H groups in total. The summed E-state index contributed by atoms with van der Waals surface area (Å²) >= 11 is 0. The zero-order chi connectivity index (χ0) is 10.3. The monoisotopic (exact) mass is 194 g/mol. The van der Waals surface area contributed by atoms with Crippen molar-refractivity contribution in [1.82, 2.24) is 0 Å². The van der Waals surface area contributed by atoms with Gasteiger partial charge in [-0.1, -0.05) is 0 Å². The quantitative estimate of drug-likeness (QED) is 0.441. The highest BCUT2D eigenvalue weighted by Crippen LogP contribution is 2.12. The maximum atomic E-state index is 10.6. The molecule has 0 bridgehead atoms. The summed E-state index contributed by atoms with van der Waals surface area (Å²) in [6.45, 7) is 0.375. The van der Waals surface area contributed by atoms with Crippen molar-refractivity contribution >= 4 is 5.97 Å². The first-order valence-electron chi connectivity index (χ1n) is 3.80. The van der Waals surface area contributed by atoms with E-state index in [0.717, 1.165) is 0 Å². The van der Waals surface area contributed by atoms with Crippen LogP contribution in [-0.4, -0.2) is 53.5 Å². The molecule has 0 aromatic carbocycles. The van der Waals surface area contributed by atoms with Crippen LogP contribution in [0.3, 0.4) is 0 Å². The Morgan fingerprint density at radius 1 is 1.23 bits per heavy atom. The van der Waals surface area contributed by atoms with Crippen molar-refractivity contribution in [2.45, 2.75) is 12.7 Å². The van der Waals surface area contributed by atoms with E-state index in [2.05, 4.69) is 0 Å². The number of aliphatic carboxylic acids is 1. The summed E-state index contributed by atoms with van der Waals surface area (Å²) in [4.78, 5) is 10.6. The summed E-state index contributed by atoms with van der Waals surface area (Å²) in [5, 5.41) is 25.5. The standard InChI is InChI=1S/C7H14O6/c1-7(6(10)11,12-4-2-8)13-5-3-9/h8-9H,2-5H2,1H3,(H,10,11). The molecule has 0 radical (unpaired) electrons. The summed E-state index contributed by atoms with van der Waals surface area (Å²) in [6.07, 6.45) is 0. The molecule has 0 amide bonds. The Hall–Kier alpha value is -0.690. The number of aliphatic hydroxyl groups is 2. The molecule has 0 saturated carbocycles. The normalized spacial score (nSPS) is 11.6. The molecule has 0 saturated heterocycles. The van der Waals surface area contributed by atoms with Crippen molar-refractivity contribution in [2.24, 2.45) is 0 Å². The van der Waals surface area contributed by atoms with Crippen LogP contribution in [0.4, 0.5) is 0 Å². The van der Waals surface area contributed by atoms with Gasteiger partial charge in [0.05, 0.1) is 26.4 Å². The van der Waals surface area contributed by atoms with E-state index in [4.69, 9.17) is 24.8 Å². The van der Waals surface area contributed by atoms with Crippen molar-refractivity contribution in [3.63, 3.8) is 0 Å². The average Bonchev–Trinajstić information content (AvgIpc) is 2.11. The smallest absolute Gasteiger partial charge is 0.364 e. The van der Waals surface area contributed by atoms with Gasteiger partial charge < -0.3 is 24.8 Å². The van der Waals surface area contributed by atoms with Gasteiger partial charge in [0.15, 0.2) is 0 Å². The SMILES string of the molecule is CC(OCCO)(OCCO)C(=O)O. The van der Waals surface area contributed by atoms with Gasteiger partial charge in [-0.05, 0) is 0 Å². The van der Waals surface area contributed by atoms with Gasteiger partial charge in [-0.3, -0.25) is 0 Å². The number of carbonyl (C=O) groups is 1. The molecule has 0 spiro atoms. The number of hydrogen-bond donors (Lipinski definition) is 3. The molecule has 0 rings (SSSR count). The second kappa shape index (κ2) is 5.87. The molecular weight excluding hydrogens is 180 g/mol. The van der Waals surface area contributed by atoms with Gasteiger partial charge in [-0.25, -0.2) is 4.79 Å². The fourth-order valence-electron chi connectivity index (χ4n) is 0.646. The Morgan fingerprint density at radius 2 is 1.62 bits per heavy atom. The lowest BCUT2D eigenvalue weighted by atomic mass is 10.3. The molecule has 0 aliphatic rings. The minimum Gasteiger partial charge on any atom is -0.477 e. The van der Waals surface area contributed by atoms with Crippen LogP contribution < -0.4 is 0 Å². The first-order valence-corrected chi connectivity index (χ1v) is 3.80. The maximum Gasteiger partial charge on any atom is 0.364 e. The number of carboxylic acids is 1. The average molecular weight is 194 g/mol. The fraction of sp³-hybridized carbons (Fsp3) is 0.857. The summed E-state index contributed by atoms with van der Waals surface area (Å²) in [5.74, 6) is -3.10. The van der Waals surface area contributed by atoms with Crippen molar-refractivity contribution in [3.05, 3.63) is 0 Å². The molecule has 0 atom stereocenters. The van der Waals surface area contributed by atoms with E-state index in [1.165, 1.54) is 6.92 Å². The molecule has 78 valence electrons. The highest BCUT2D eigenvalue weighted by atomic mass is 16.7. The third-order valence-electron chi connectivity index (χ3n) is 1.33. The van der Waals surface area contributed by atoms with E-state index in [-0.39, 0.29) is 26.4 Å². The predicted octanol–water partition coefficient (Wildman–Crippen LogP) is -1.19. The van der Waals surface area contributed by atoms with Gasteiger partial charge in [-0.2, -0.15) is 0 Å². The summed E-state index contributed by atoms with van der Waals surface area (Å²) in [6, 6.07) is 0. The predicted molar refractivity (Wildman–Crippen MR) is 42.1 cm³/mol. The summed E-state index contributed by atoms with van der Waals surface area (Å²) in [7, 11) is 0. The second-order valence-electron chi connectivity index (χ2n) is 2.39. The molecule has 0 heterocycles. The van der Waals surface area contributed by atoms with Crippen LogP contribution in [0, 0.1) is 0 Å². The molecule has 6 heteroatoms. The Kier molecular flexibility index (Phi) is 5.56. The van der Waals surface area contributed by atoms with E-state index >= 15 is 0 Å². The largest absolute Gasteiger partial charge is 0.477 e. The molecule has 0 aliphatic heterocycles. The molecular formula is C7H14O6. The van der Waals surface area contributed by atoms with Gasteiger partial charge in [0.25, 0.3) is 5.79 Å². The number of rotatable bonds is 7. The lowest BCUT2D eigenvalue weighted by Crippen LogP contribution is -2.42. The van der Waals surface area contributed by atoms with Gasteiger partial charge in [0.1, 0.15) is 0 Å². The van der Waals surface area contributed by atoms with Crippen LogP contribution in [0.5, 0.6) is 0 Å². The second-order valence-corrected chi connectivity index (χ2v) is 2.39. The number of carboxylic acid groups (broad SMARTS) is 1. The maximum absolute atomic E-state index is 10.6. The Balaban J connectivity index is 4.08. The van der Waals surface area contributed by atoms with Crippen LogP contribution in [0.25, 0.3) is 0 Å². The molecule has 0 fully saturated rings. The van der Waals surface area contributed by atoms with Crippen LogP contribution in [0.2, 0.25) is 0 Å². The first-order chi connectivity index (χ1) is 6.06. The van der Waals surface area contributed by atoms with Crippen molar-refractivity contribution < 1.29 is 29.6 Å². The van der Waals surface area contributed by atoms with E-state index in [0.29, 0.717) is 0 Å². The van der Waals surface area contributed by atoms with Gasteiger partial charge in [0, 0.05) is 6.92 Å². The molecule has 0 aromatic heterocycles. The number of aliphatic hydroxyl groups excluding tert-OH is 2. The van der Waals surface area contributed by atoms with E-state index < -0.39 is 11.8 Å². The van der Waals surface area contributed by atoms with Gasteiger partial charge >= 0.3 is 5.97 Å². The molecule has 0 aliphatic carbocycles. The number of hydrogen-bond acceptors (Lipinski definition) is 5. The van der Waals surface area contributed by atoms with Crippen molar-refractivity contribution in [3.8, 4) is 0 Å². The van der Waals surface area contributed by atoms with Crippen molar-refractivity contribution in [1.29, 1.82) is 0 Å². The van der Waals surface area contributed by atoms with Crippen LogP contribution in [0.1, 0.15) is 6.92 Å². The van der Waals surface area contributed by atoms with E-state index in [9.17, 15) is 4.79 Å². The topological polar surface area (TPSA) is 96.2 Å². The van der Waals surface area contributed by atoms with Gasteiger partial charge in [-0.15, -0.1) is 0 Å². The van der Waals surface area contributed by atoms with Crippen LogP contribution in [-0.2, 0) is 14.3 Å². The minimum atomic E-state index is -1.80. The zero-order valence-electron chi connectivity index (χ0n) is 7.39. The first kappa shape index (κ1) is 12.3. The summed E-state index contributed by atoms with van der Waals surface area (Å²) in [5.41, 5.74) is 0. The highest BCUT2D eigenvalue weighted by Gasteiger charge is 2.35. The fourth-order valence-corrected chi connectivity index (χ4v) is 0.646. The third kappa shape index (κ3) is 4.18. The number of ether oxygens (including phenoxy) is 2. The lowest BCUT2D eigenvalue weighted by Gasteiger charge is -2.24. The van der Waals surface area contributed by atoms with Crippen LogP contribution in [0.15, 0.2) is 0 Å². The third-order valence-corrected chi connectivity index (χ3v) is 1.33. The Labute approximate surface area is 75.7 Å². The molecule has 13 heavy (non-hydrogen) atoms. The van der Waals surface area contributed by atoms with E-state index in [1.54, 1.807) is 0 Å². The van der Waals surface area contributed by atoms with Gasteiger partial charge in [0.2, 0.25) is 0 Å². The molecule has 0 unspecified atom stereocenters. The van der Waals surface area contributed by atoms with E-state index in [1.807, 2.05) is 0 Å². The Bertz CT molecular complexity index is 149. The van der Waals surface area contributed by atoms with Crippen LogP contribution >= 0.6 is 0 Å². The molecule has 0 aromatic rings.